The molecule has 0 aliphatic heterocycles. The second-order valence-electron chi connectivity index (χ2n) is 6.25. The lowest BCUT2D eigenvalue weighted by Gasteiger charge is -2.11. The molecule has 0 bridgehead atoms. The second-order valence-corrected chi connectivity index (χ2v) is 6.66. The van der Waals surface area contributed by atoms with Gasteiger partial charge in [-0.25, -0.2) is 4.68 Å². The molecule has 0 spiro atoms. The van der Waals surface area contributed by atoms with Gasteiger partial charge >= 0.3 is 6.18 Å². The number of rotatable bonds is 4. The molecule has 0 saturated heterocycles. The van der Waals surface area contributed by atoms with Crippen LogP contribution in [0.3, 0.4) is 0 Å². The Kier molecular flexibility index (Phi) is 4.92. The number of benzene rings is 1. The van der Waals surface area contributed by atoms with Gasteiger partial charge in [-0.3, -0.25) is 4.79 Å². The van der Waals surface area contributed by atoms with Crippen LogP contribution in [0.25, 0.3) is 22.3 Å². The molecule has 6 nitrogen and oxygen atoms in total. The van der Waals surface area contributed by atoms with Crippen LogP contribution in [0.5, 0.6) is 5.75 Å². The number of nitrogens with one attached hydrogen (secondary N) is 1. The minimum atomic E-state index is -4.84. The molecule has 10 heteroatoms. The summed E-state index contributed by atoms with van der Waals surface area (Å²) in [7, 11) is 3.53. The summed E-state index contributed by atoms with van der Waals surface area (Å²) in [6.45, 7) is 0.515. The van der Waals surface area contributed by atoms with Crippen molar-refractivity contribution in [3.05, 3.63) is 45.2 Å². The number of hydrogen-bond acceptors (Lipinski definition) is 4. The summed E-state index contributed by atoms with van der Waals surface area (Å²) in [5.41, 5.74) is -2.37. The molecule has 0 amide bonds. The highest BCUT2D eigenvalue weighted by molar-refractivity contribution is 6.33. The topological polar surface area (TPSA) is 74.2 Å². The molecule has 0 aliphatic rings. The van der Waals surface area contributed by atoms with Crippen molar-refractivity contribution >= 4 is 22.6 Å². The molecular weight excluding hydrogens is 385 g/mol. The molecule has 2 N–H and O–H groups in total. The first-order chi connectivity index (χ1) is 12.6. The number of alkyl halides is 3. The Hall–Kier alpha value is -2.52. The van der Waals surface area contributed by atoms with Crippen molar-refractivity contribution in [1.29, 1.82) is 0 Å². The summed E-state index contributed by atoms with van der Waals surface area (Å²) in [5.74, 6) is -0.840. The zero-order valence-corrected chi connectivity index (χ0v) is 15.2. The fourth-order valence-electron chi connectivity index (χ4n) is 2.73. The molecule has 0 saturated carbocycles. The number of aromatic nitrogens is 3. The molecule has 144 valence electrons. The molecule has 27 heavy (non-hydrogen) atoms. The van der Waals surface area contributed by atoms with Gasteiger partial charge in [0, 0.05) is 12.1 Å². The van der Waals surface area contributed by atoms with Gasteiger partial charge in [0.2, 0.25) is 5.43 Å². The number of aromatic hydroxyl groups is 1. The summed E-state index contributed by atoms with van der Waals surface area (Å²) in [6.07, 6.45) is -4.84. The molecule has 1 aromatic carbocycles. The van der Waals surface area contributed by atoms with E-state index in [1.54, 1.807) is 43.3 Å². The quantitative estimate of drug-likeness (QED) is 0.704. The standard InChI is InChI=1S/C17H16ClF3N4O2/c1-24(2)7-8-25-16-11(15(23-25)17(19,20)21)13(26)14(27)12(22-16)9-5-3-4-6-10(9)18/h3-6,27H,7-8H2,1-2H3,(H,22,26). The zero-order valence-electron chi connectivity index (χ0n) is 14.4. The second kappa shape index (κ2) is 6.90. The van der Waals surface area contributed by atoms with Crippen molar-refractivity contribution in [3.63, 3.8) is 0 Å². The van der Waals surface area contributed by atoms with Gasteiger partial charge in [-0.1, -0.05) is 29.8 Å². The number of pyridine rings is 1. The van der Waals surface area contributed by atoms with E-state index in [9.17, 15) is 23.1 Å². The maximum Gasteiger partial charge on any atom is 0.435 e. The van der Waals surface area contributed by atoms with Crippen LogP contribution in [-0.4, -0.2) is 45.4 Å². The van der Waals surface area contributed by atoms with Crippen LogP contribution in [0, 0.1) is 0 Å². The van der Waals surface area contributed by atoms with E-state index < -0.39 is 28.4 Å². The highest BCUT2D eigenvalue weighted by atomic mass is 35.5. The molecule has 3 rings (SSSR count). The van der Waals surface area contributed by atoms with E-state index in [1.807, 2.05) is 0 Å². The predicted octanol–water partition coefficient (Wildman–Crippen LogP) is 3.33. The summed E-state index contributed by atoms with van der Waals surface area (Å²) >= 11 is 6.11. The summed E-state index contributed by atoms with van der Waals surface area (Å²) in [5, 5.41) is 13.4. The molecular formula is C17H16ClF3N4O2. The average Bonchev–Trinajstić information content (AvgIpc) is 2.96. The van der Waals surface area contributed by atoms with Gasteiger partial charge in [0.15, 0.2) is 11.4 Å². The number of aromatic amines is 1. The van der Waals surface area contributed by atoms with E-state index in [0.29, 0.717) is 12.1 Å². The highest BCUT2D eigenvalue weighted by Gasteiger charge is 2.39. The first-order valence-electron chi connectivity index (χ1n) is 7.94. The van der Waals surface area contributed by atoms with Crippen LogP contribution < -0.4 is 5.43 Å². The molecule has 0 aliphatic carbocycles. The summed E-state index contributed by atoms with van der Waals surface area (Å²) in [4.78, 5) is 17.1. The molecule has 2 aromatic heterocycles. The van der Waals surface area contributed by atoms with Crippen LogP contribution in [0.1, 0.15) is 5.69 Å². The lowest BCUT2D eigenvalue weighted by molar-refractivity contribution is -0.140. The van der Waals surface area contributed by atoms with Crippen molar-refractivity contribution in [2.24, 2.45) is 0 Å². The van der Waals surface area contributed by atoms with Gasteiger partial charge in [0.05, 0.1) is 17.3 Å². The minimum absolute atomic E-state index is 0.0576. The number of hydrogen-bond donors (Lipinski definition) is 2. The number of likely N-dealkylation sites (N-methyl/N-ethyl adjacent to an activating group) is 1. The smallest absolute Gasteiger partial charge is 0.435 e. The Morgan fingerprint density at radius 2 is 1.96 bits per heavy atom. The van der Waals surface area contributed by atoms with E-state index in [0.717, 1.165) is 4.68 Å². The fraction of sp³-hybridized carbons (Fsp3) is 0.294. The van der Waals surface area contributed by atoms with Gasteiger partial charge in [-0.05, 0) is 20.2 Å². The first-order valence-corrected chi connectivity index (χ1v) is 8.31. The first kappa shape index (κ1) is 19.2. The van der Waals surface area contributed by atoms with Gasteiger partial charge < -0.3 is 15.0 Å². The molecule has 0 fully saturated rings. The maximum absolute atomic E-state index is 13.4. The molecule has 0 atom stereocenters. The Morgan fingerprint density at radius 1 is 1.30 bits per heavy atom. The van der Waals surface area contributed by atoms with Crippen molar-refractivity contribution in [3.8, 4) is 17.0 Å². The number of fused-ring (bicyclic) bond motifs is 1. The summed E-state index contributed by atoms with van der Waals surface area (Å²) < 4.78 is 41.2. The third-order valence-electron chi connectivity index (χ3n) is 4.05. The van der Waals surface area contributed by atoms with Gasteiger partial charge in [0.1, 0.15) is 11.0 Å². The van der Waals surface area contributed by atoms with Crippen LogP contribution in [0.2, 0.25) is 5.02 Å². The largest absolute Gasteiger partial charge is 0.503 e. The van der Waals surface area contributed by atoms with E-state index in [4.69, 9.17) is 11.6 Å². The van der Waals surface area contributed by atoms with Crippen LogP contribution in [0.15, 0.2) is 29.1 Å². The van der Waals surface area contributed by atoms with E-state index in [-0.39, 0.29) is 22.9 Å². The van der Waals surface area contributed by atoms with Gasteiger partial charge in [-0.2, -0.15) is 18.3 Å². The van der Waals surface area contributed by atoms with Crippen molar-refractivity contribution in [1.82, 2.24) is 19.7 Å². The molecule has 0 unspecified atom stereocenters. The SMILES string of the molecule is CN(C)CCn1nc(C(F)(F)F)c2c(=O)c(O)c(-c3ccccc3Cl)[nH]c21. The number of nitrogens with zero attached hydrogens (tertiary/aromatic N) is 3. The van der Waals surface area contributed by atoms with E-state index in [1.165, 1.54) is 0 Å². The predicted molar refractivity (Wildman–Crippen MR) is 96.0 cm³/mol. The Bertz CT molecular complexity index is 1060. The fourth-order valence-corrected chi connectivity index (χ4v) is 2.96. The van der Waals surface area contributed by atoms with Crippen LogP contribution >= 0.6 is 11.6 Å². The van der Waals surface area contributed by atoms with Gasteiger partial charge in [0.25, 0.3) is 0 Å². The highest BCUT2D eigenvalue weighted by Crippen LogP contribution is 2.36. The maximum atomic E-state index is 13.4. The van der Waals surface area contributed by atoms with E-state index >= 15 is 0 Å². The number of halogens is 4. The molecule has 2 heterocycles. The van der Waals surface area contributed by atoms with E-state index in [2.05, 4.69) is 10.1 Å². The minimum Gasteiger partial charge on any atom is -0.503 e. The normalized spacial score (nSPS) is 12.3. The van der Waals surface area contributed by atoms with Crippen LogP contribution in [0.4, 0.5) is 13.2 Å². The molecule has 0 radical (unpaired) electrons. The third kappa shape index (κ3) is 3.52. The Morgan fingerprint density at radius 3 is 2.56 bits per heavy atom. The average molecular weight is 401 g/mol. The molecule has 3 aromatic rings. The van der Waals surface area contributed by atoms with Gasteiger partial charge in [-0.15, -0.1) is 0 Å². The lowest BCUT2D eigenvalue weighted by Crippen LogP contribution is -2.19. The zero-order chi connectivity index (χ0) is 19.9. The lowest BCUT2D eigenvalue weighted by atomic mass is 10.1. The van der Waals surface area contributed by atoms with Crippen LogP contribution in [-0.2, 0) is 12.7 Å². The monoisotopic (exact) mass is 400 g/mol. The van der Waals surface area contributed by atoms with Crippen molar-refractivity contribution in [2.75, 3.05) is 20.6 Å². The Labute approximate surface area is 156 Å². The number of H-pyrrole nitrogens is 1. The van der Waals surface area contributed by atoms with Crippen molar-refractivity contribution < 1.29 is 18.3 Å². The summed E-state index contributed by atoms with van der Waals surface area (Å²) in [6, 6.07) is 6.38. The third-order valence-corrected chi connectivity index (χ3v) is 4.38. The Balaban J connectivity index is 2.34. The van der Waals surface area contributed by atoms with Crippen molar-refractivity contribution in [2.45, 2.75) is 12.7 Å².